The van der Waals surface area contributed by atoms with Gasteiger partial charge in [0.1, 0.15) is 5.60 Å². The van der Waals surface area contributed by atoms with E-state index < -0.39 is 45.7 Å². The van der Waals surface area contributed by atoms with E-state index in [0.29, 0.717) is 0 Å². The maximum absolute atomic E-state index is 13.2. The van der Waals surface area contributed by atoms with E-state index in [9.17, 15) is 19.8 Å². The van der Waals surface area contributed by atoms with Crippen LogP contribution in [-0.2, 0) is 19.1 Å². The summed E-state index contributed by atoms with van der Waals surface area (Å²) >= 11 is 0. The summed E-state index contributed by atoms with van der Waals surface area (Å²) < 4.78 is 11.7. The van der Waals surface area contributed by atoms with Crippen LogP contribution in [0.1, 0.15) is 55.4 Å². The van der Waals surface area contributed by atoms with Gasteiger partial charge in [-0.25, -0.2) is 0 Å². The van der Waals surface area contributed by atoms with E-state index >= 15 is 0 Å². The molecule has 2 amide bonds. The van der Waals surface area contributed by atoms with E-state index in [0.717, 1.165) is 0 Å². The standard InChI is InChI=1S/C18H30N2O6/c1-13(2,3)19-9-15(7,23)18(12(19)22)25-16(8)10-20(14(4,5)6)11(21)17(16,24)26-18/h23-24H,9-10H2,1-8H3/t15-,16-,17+,18+/m0/s1. The number of rotatable bonds is 0. The smallest absolute Gasteiger partial charge is 0.286 e. The Morgan fingerprint density at radius 1 is 0.846 bits per heavy atom. The molecule has 3 heterocycles. The zero-order valence-corrected chi connectivity index (χ0v) is 16.8. The molecular formula is C18H30N2O6. The van der Waals surface area contributed by atoms with Crippen molar-refractivity contribution in [2.75, 3.05) is 13.1 Å². The lowest BCUT2D eigenvalue weighted by Crippen LogP contribution is -2.59. The van der Waals surface area contributed by atoms with Gasteiger partial charge in [0, 0.05) is 11.1 Å². The summed E-state index contributed by atoms with van der Waals surface area (Å²) in [5, 5.41) is 22.1. The minimum atomic E-state index is -2.34. The highest BCUT2D eigenvalue weighted by Gasteiger charge is 2.81. The number of likely N-dealkylation sites (tertiary alicyclic amines) is 2. The second-order valence-electron chi connectivity index (χ2n) is 10.1. The van der Waals surface area contributed by atoms with Crippen LogP contribution < -0.4 is 0 Å². The van der Waals surface area contributed by atoms with E-state index in [2.05, 4.69) is 0 Å². The molecule has 3 rings (SSSR count). The minimum Gasteiger partial charge on any atom is -0.382 e. The Hall–Kier alpha value is -1.22. The minimum absolute atomic E-state index is 0.0291. The highest BCUT2D eigenvalue weighted by Crippen LogP contribution is 2.56. The van der Waals surface area contributed by atoms with Gasteiger partial charge in [-0.05, 0) is 55.4 Å². The molecule has 8 nitrogen and oxygen atoms in total. The molecule has 0 aromatic carbocycles. The van der Waals surface area contributed by atoms with E-state index in [1.54, 1.807) is 0 Å². The summed E-state index contributed by atoms with van der Waals surface area (Å²) in [6.45, 7) is 14.0. The number of hydrogen-bond acceptors (Lipinski definition) is 6. The molecule has 0 unspecified atom stereocenters. The Balaban J connectivity index is 2.06. The molecule has 3 saturated heterocycles. The topological polar surface area (TPSA) is 99.5 Å². The quantitative estimate of drug-likeness (QED) is 0.632. The third kappa shape index (κ3) is 2.16. The van der Waals surface area contributed by atoms with Crippen LogP contribution in [0.15, 0.2) is 0 Å². The fourth-order valence-corrected chi connectivity index (χ4v) is 3.97. The molecule has 2 N–H and O–H groups in total. The maximum atomic E-state index is 13.2. The molecule has 0 aromatic rings. The van der Waals surface area contributed by atoms with Crippen LogP contribution in [0.25, 0.3) is 0 Å². The molecule has 0 aliphatic carbocycles. The van der Waals surface area contributed by atoms with Crippen LogP contribution in [-0.4, -0.2) is 78.8 Å². The lowest BCUT2D eigenvalue weighted by Gasteiger charge is -2.37. The number of amides is 2. The van der Waals surface area contributed by atoms with Crippen molar-refractivity contribution >= 4 is 11.8 Å². The fourth-order valence-electron chi connectivity index (χ4n) is 3.97. The summed E-state index contributed by atoms with van der Waals surface area (Å²) in [4.78, 5) is 29.1. The number of aliphatic hydroxyl groups is 2. The monoisotopic (exact) mass is 370 g/mol. The number of β-amino-alcohol motifs (C(OH)–C–C–N with tert-alkyl or cyclic N) is 1. The van der Waals surface area contributed by atoms with E-state index in [4.69, 9.17) is 9.47 Å². The second kappa shape index (κ2) is 4.79. The molecule has 3 aliphatic heterocycles. The average Bonchev–Trinajstić information content (AvgIpc) is 2.87. The number of carbonyl (C=O) groups is 2. The van der Waals surface area contributed by atoms with Crippen molar-refractivity contribution < 1.29 is 29.3 Å². The van der Waals surface area contributed by atoms with Crippen molar-refractivity contribution in [3.63, 3.8) is 0 Å². The van der Waals surface area contributed by atoms with Crippen LogP contribution in [0, 0.1) is 0 Å². The van der Waals surface area contributed by atoms with Gasteiger partial charge >= 0.3 is 0 Å². The summed E-state index contributed by atoms with van der Waals surface area (Å²) in [7, 11) is 0. The van der Waals surface area contributed by atoms with Crippen LogP contribution in [0.4, 0.5) is 0 Å². The summed E-state index contributed by atoms with van der Waals surface area (Å²) in [5.74, 6) is -5.71. The third-order valence-electron chi connectivity index (χ3n) is 5.69. The molecule has 148 valence electrons. The zero-order valence-electron chi connectivity index (χ0n) is 16.8. The first kappa shape index (κ1) is 19.5. The van der Waals surface area contributed by atoms with Crippen molar-refractivity contribution in [3.8, 4) is 0 Å². The summed E-state index contributed by atoms with van der Waals surface area (Å²) in [5.41, 5.74) is -4.35. The molecule has 8 heteroatoms. The van der Waals surface area contributed by atoms with Gasteiger partial charge in [0.25, 0.3) is 23.4 Å². The normalized spacial score (nSPS) is 43.8. The molecule has 1 spiro atoms. The largest absolute Gasteiger partial charge is 0.382 e. The van der Waals surface area contributed by atoms with Crippen LogP contribution >= 0.6 is 0 Å². The van der Waals surface area contributed by atoms with Gasteiger partial charge in [-0.2, -0.15) is 0 Å². The SMILES string of the molecule is CC(C)(C)N1C[C@](C)(O)[C@@]2(O[C@@]3(C)CN(C(C)(C)C)C(=O)[C@@]3(O)O2)C1=O. The summed E-state index contributed by atoms with van der Waals surface area (Å²) in [6, 6.07) is 0. The van der Waals surface area contributed by atoms with Crippen LogP contribution in [0.5, 0.6) is 0 Å². The van der Waals surface area contributed by atoms with Crippen molar-refractivity contribution in [1.82, 2.24) is 9.80 Å². The molecule has 0 bridgehead atoms. The number of carbonyl (C=O) groups excluding carboxylic acids is 2. The Morgan fingerprint density at radius 3 is 1.69 bits per heavy atom. The van der Waals surface area contributed by atoms with E-state index in [1.165, 1.54) is 23.6 Å². The van der Waals surface area contributed by atoms with Crippen molar-refractivity contribution in [2.45, 2.75) is 89.2 Å². The second-order valence-corrected chi connectivity index (χ2v) is 10.1. The molecule has 3 aliphatic rings. The number of fused-ring (bicyclic) bond motifs is 1. The predicted octanol–water partition coefficient (Wildman–Crippen LogP) is 0.209. The molecular weight excluding hydrogens is 340 g/mol. The first-order valence-electron chi connectivity index (χ1n) is 8.91. The van der Waals surface area contributed by atoms with Gasteiger partial charge in [0.15, 0.2) is 5.60 Å². The Labute approximate surface area is 154 Å². The van der Waals surface area contributed by atoms with Crippen molar-refractivity contribution in [2.24, 2.45) is 0 Å². The molecule has 0 radical (unpaired) electrons. The Morgan fingerprint density at radius 2 is 1.31 bits per heavy atom. The van der Waals surface area contributed by atoms with Gasteiger partial charge < -0.3 is 24.7 Å². The lowest BCUT2D eigenvalue weighted by atomic mass is 9.98. The highest BCUT2D eigenvalue weighted by atomic mass is 16.8. The lowest BCUT2D eigenvalue weighted by molar-refractivity contribution is -0.278. The number of ether oxygens (including phenoxy) is 2. The summed E-state index contributed by atoms with van der Waals surface area (Å²) in [6.07, 6.45) is 0. The van der Waals surface area contributed by atoms with Gasteiger partial charge in [0.2, 0.25) is 0 Å². The first-order chi connectivity index (χ1) is 11.4. The number of nitrogens with zero attached hydrogens (tertiary/aromatic N) is 2. The molecule has 0 saturated carbocycles. The van der Waals surface area contributed by atoms with Gasteiger partial charge in [-0.1, -0.05) is 0 Å². The molecule has 0 aromatic heterocycles. The highest BCUT2D eigenvalue weighted by molar-refractivity contribution is 5.93. The zero-order chi connectivity index (χ0) is 20.1. The molecule has 26 heavy (non-hydrogen) atoms. The Kier molecular flexibility index (Phi) is 3.60. The van der Waals surface area contributed by atoms with Crippen molar-refractivity contribution in [3.05, 3.63) is 0 Å². The Bertz CT molecular complexity index is 678. The van der Waals surface area contributed by atoms with Crippen molar-refractivity contribution in [1.29, 1.82) is 0 Å². The molecule has 4 atom stereocenters. The average molecular weight is 370 g/mol. The van der Waals surface area contributed by atoms with Crippen LogP contribution in [0.3, 0.4) is 0 Å². The molecule has 3 fully saturated rings. The van der Waals surface area contributed by atoms with Gasteiger partial charge in [0.05, 0.1) is 13.1 Å². The van der Waals surface area contributed by atoms with Gasteiger partial charge in [-0.15, -0.1) is 0 Å². The fraction of sp³-hybridized carbons (Fsp3) is 0.889. The number of hydrogen-bond donors (Lipinski definition) is 2. The maximum Gasteiger partial charge on any atom is 0.286 e. The predicted molar refractivity (Wildman–Crippen MR) is 91.8 cm³/mol. The van der Waals surface area contributed by atoms with Gasteiger partial charge in [-0.3, -0.25) is 14.3 Å². The van der Waals surface area contributed by atoms with E-state index in [1.807, 2.05) is 41.5 Å². The first-order valence-corrected chi connectivity index (χ1v) is 8.91. The third-order valence-corrected chi connectivity index (χ3v) is 5.69. The van der Waals surface area contributed by atoms with E-state index in [-0.39, 0.29) is 13.1 Å². The van der Waals surface area contributed by atoms with Crippen LogP contribution in [0.2, 0.25) is 0 Å².